The molecule has 1 aliphatic rings. The molecule has 1 aromatic rings. The molecule has 19 heavy (non-hydrogen) atoms. The van der Waals surface area contributed by atoms with Crippen molar-refractivity contribution in [1.29, 1.82) is 0 Å². The highest BCUT2D eigenvalue weighted by molar-refractivity contribution is 9.10. The van der Waals surface area contributed by atoms with Crippen LogP contribution in [0, 0.1) is 5.92 Å². The summed E-state index contributed by atoms with van der Waals surface area (Å²) in [6.07, 6.45) is 5.57. The summed E-state index contributed by atoms with van der Waals surface area (Å²) in [6.45, 7) is 1.91. The number of amides is 1. The number of benzene rings is 1. The molecule has 0 aliphatic heterocycles. The maximum absolute atomic E-state index is 12.0. The molecule has 0 spiro atoms. The van der Waals surface area contributed by atoms with Crippen molar-refractivity contribution in [2.45, 2.75) is 39.0 Å². The van der Waals surface area contributed by atoms with E-state index in [1.807, 2.05) is 31.2 Å². The number of hydrogen-bond donors (Lipinski definition) is 1. The molecular formula is C15H19BrN2O. The lowest BCUT2D eigenvalue weighted by Crippen LogP contribution is -2.29. The number of nitrogens with one attached hydrogen (secondary N) is 1. The molecule has 0 saturated heterocycles. The van der Waals surface area contributed by atoms with Crippen molar-refractivity contribution >= 4 is 27.5 Å². The summed E-state index contributed by atoms with van der Waals surface area (Å²) < 4.78 is 1.04. The molecule has 1 saturated carbocycles. The predicted octanol–water partition coefficient (Wildman–Crippen LogP) is 3.87. The highest BCUT2D eigenvalue weighted by atomic mass is 79.9. The van der Waals surface area contributed by atoms with Gasteiger partial charge in [-0.2, -0.15) is 5.10 Å². The first-order valence-electron chi connectivity index (χ1n) is 6.77. The van der Waals surface area contributed by atoms with Gasteiger partial charge in [-0.3, -0.25) is 4.79 Å². The third kappa shape index (κ3) is 4.16. The number of rotatable bonds is 3. The van der Waals surface area contributed by atoms with Crippen LogP contribution < -0.4 is 5.43 Å². The summed E-state index contributed by atoms with van der Waals surface area (Å²) in [7, 11) is 0. The maximum Gasteiger partial charge on any atom is 0.243 e. The lowest BCUT2D eigenvalue weighted by molar-refractivity contribution is -0.125. The summed E-state index contributed by atoms with van der Waals surface area (Å²) >= 11 is 3.40. The average molecular weight is 323 g/mol. The standard InChI is InChI=1S/C15H19BrN2O/c1-11(12-7-9-14(16)10-8-12)17-18-15(19)13-5-3-2-4-6-13/h7-10,13H,2-6H2,1H3,(H,18,19)/b17-11+. The van der Waals surface area contributed by atoms with E-state index < -0.39 is 0 Å². The highest BCUT2D eigenvalue weighted by Crippen LogP contribution is 2.23. The molecule has 1 fully saturated rings. The van der Waals surface area contributed by atoms with Crippen LogP contribution in [0.5, 0.6) is 0 Å². The molecule has 0 atom stereocenters. The van der Waals surface area contributed by atoms with Gasteiger partial charge in [0.05, 0.1) is 5.71 Å². The zero-order valence-corrected chi connectivity index (χ0v) is 12.7. The lowest BCUT2D eigenvalue weighted by atomic mass is 9.89. The predicted molar refractivity (Wildman–Crippen MR) is 81.1 cm³/mol. The first kappa shape index (κ1) is 14.3. The molecule has 0 radical (unpaired) electrons. The van der Waals surface area contributed by atoms with Crippen molar-refractivity contribution in [1.82, 2.24) is 5.43 Å². The molecule has 1 aromatic carbocycles. The van der Waals surface area contributed by atoms with E-state index in [0.717, 1.165) is 41.4 Å². The summed E-state index contributed by atoms with van der Waals surface area (Å²) in [5.74, 6) is 0.214. The van der Waals surface area contributed by atoms with Gasteiger partial charge in [0.1, 0.15) is 0 Å². The van der Waals surface area contributed by atoms with Gasteiger partial charge in [0.25, 0.3) is 0 Å². The van der Waals surface area contributed by atoms with E-state index in [-0.39, 0.29) is 11.8 Å². The molecule has 0 heterocycles. The second-order valence-electron chi connectivity index (χ2n) is 5.02. The van der Waals surface area contributed by atoms with Crippen LogP contribution in [-0.4, -0.2) is 11.6 Å². The zero-order chi connectivity index (χ0) is 13.7. The summed E-state index contributed by atoms with van der Waals surface area (Å²) in [5.41, 5.74) is 4.55. The number of halogens is 1. The molecule has 3 nitrogen and oxygen atoms in total. The second-order valence-corrected chi connectivity index (χ2v) is 5.93. The van der Waals surface area contributed by atoms with Gasteiger partial charge in [-0.1, -0.05) is 47.3 Å². The monoisotopic (exact) mass is 322 g/mol. The molecule has 0 aromatic heterocycles. The maximum atomic E-state index is 12.0. The largest absolute Gasteiger partial charge is 0.273 e. The van der Waals surface area contributed by atoms with Crippen molar-refractivity contribution < 1.29 is 4.79 Å². The minimum absolute atomic E-state index is 0.0659. The first-order valence-corrected chi connectivity index (χ1v) is 7.56. The Balaban J connectivity index is 1.93. The Morgan fingerprint density at radius 3 is 2.47 bits per heavy atom. The third-order valence-electron chi connectivity index (χ3n) is 3.57. The molecule has 2 rings (SSSR count). The Labute approximate surface area is 122 Å². The Bertz CT molecular complexity index is 462. The van der Waals surface area contributed by atoms with Crippen molar-refractivity contribution in [3.8, 4) is 0 Å². The third-order valence-corrected chi connectivity index (χ3v) is 4.10. The van der Waals surface area contributed by atoms with E-state index in [9.17, 15) is 4.79 Å². The van der Waals surface area contributed by atoms with Crippen LogP contribution >= 0.6 is 15.9 Å². The van der Waals surface area contributed by atoms with Crippen LogP contribution in [0.25, 0.3) is 0 Å². The quantitative estimate of drug-likeness (QED) is 0.666. The Kier molecular flexibility index (Phi) is 5.14. The molecule has 102 valence electrons. The van der Waals surface area contributed by atoms with Gasteiger partial charge in [-0.15, -0.1) is 0 Å². The molecule has 1 aliphatic carbocycles. The van der Waals surface area contributed by atoms with Crippen LogP contribution in [0.2, 0.25) is 0 Å². The highest BCUT2D eigenvalue weighted by Gasteiger charge is 2.20. The van der Waals surface area contributed by atoms with E-state index >= 15 is 0 Å². The number of carbonyl (C=O) groups is 1. The Morgan fingerprint density at radius 2 is 1.84 bits per heavy atom. The van der Waals surface area contributed by atoms with Crippen LogP contribution in [0.4, 0.5) is 0 Å². The van der Waals surface area contributed by atoms with Crippen LogP contribution in [-0.2, 0) is 4.79 Å². The van der Waals surface area contributed by atoms with E-state index in [2.05, 4.69) is 26.5 Å². The summed E-state index contributed by atoms with van der Waals surface area (Å²) in [5, 5.41) is 4.20. The normalized spacial score (nSPS) is 17.3. The van der Waals surface area contributed by atoms with Crippen LogP contribution in [0.15, 0.2) is 33.8 Å². The van der Waals surface area contributed by atoms with E-state index in [1.54, 1.807) is 0 Å². The zero-order valence-electron chi connectivity index (χ0n) is 11.2. The van der Waals surface area contributed by atoms with E-state index in [0.29, 0.717) is 0 Å². The van der Waals surface area contributed by atoms with Gasteiger partial charge in [-0.25, -0.2) is 5.43 Å². The Morgan fingerprint density at radius 1 is 1.21 bits per heavy atom. The lowest BCUT2D eigenvalue weighted by Gasteiger charge is -2.19. The van der Waals surface area contributed by atoms with E-state index in [1.165, 1.54) is 6.42 Å². The van der Waals surface area contributed by atoms with Crippen molar-refractivity contribution in [3.63, 3.8) is 0 Å². The minimum atomic E-state index is 0.0659. The second kappa shape index (κ2) is 6.85. The topological polar surface area (TPSA) is 41.5 Å². The number of hydrogen-bond acceptors (Lipinski definition) is 2. The van der Waals surface area contributed by atoms with Gasteiger partial charge in [-0.05, 0) is 37.5 Å². The Hall–Kier alpha value is -1.16. The van der Waals surface area contributed by atoms with E-state index in [4.69, 9.17) is 0 Å². The number of carbonyl (C=O) groups excluding carboxylic acids is 1. The fourth-order valence-corrected chi connectivity index (χ4v) is 2.61. The smallest absolute Gasteiger partial charge is 0.243 e. The number of nitrogens with zero attached hydrogens (tertiary/aromatic N) is 1. The molecule has 1 amide bonds. The van der Waals surface area contributed by atoms with Gasteiger partial charge >= 0.3 is 0 Å². The van der Waals surface area contributed by atoms with Gasteiger partial charge in [0.15, 0.2) is 0 Å². The van der Waals surface area contributed by atoms with Gasteiger partial charge in [0.2, 0.25) is 5.91 Å². The molecule has 1 N–H and O–H groups in total. The summed E-state index contributed by atoms with van der Waals surface area (Å²) in [4.78, 5) is 12.0. The molecule has 0 bridgehead atoms. The van der Waals surface area contributed by atoms with Crippen molar-refractivity contribution in [2.75, 3.05) is 0 Å². The average Bonchev–Trinajstić information content (AvgIpc) is 2.46. The molecule has 0 unspecified atom stereocenters. The summed E-state index contributed by atoms with van der Waals surface area (Å²) in [6, 6.07) is 7.90. The van der Waals surface area contributed by atoms with Crippen LogP contribution in [0.3, 0.4) is 0 Å². The molecule has 4 heteroatoms. The fourth-order valence-electron chi connectivity index (χ4n) is 2.35. The van der Waals surface area contributed by atoms with Crippen molar-refractivity contribution in [3.05, 3.63) is 34.3 Å². The fraction of sp³-hybridized carbons (Fsp3) is 0.467. The molecular weight excluding hydrogens is 304 g/mol. The van der Waals surface area contributed by atoms with Gasteiger partial charge < -0.3 is 0 Å². The van der Waals surface area contributed by atoms with Gasteiger partial charge in [0, 0.05) is 10.4 Å². The SMILES string of the molecule is C/C(=N\NC(=O)C1CCCCC1)c1ccc(Br)cc1. The van der Waals surface area contributed by atoms with Crippen LogP contribution in [0.1, 0.15) is 44.6 Å². The van der Waals surface area contributed by atoms with Crippen molar-refractivity contribution in [2.24, 2.45) is 11.0 Å². The minimum Gasteiger partial charge on any atom is -0.273 e. The number of hydrazone groups is 1. The first-order chi connectivity index (χ1) is 9.16.